The van der Waals surface area contributed by atoms with E-state index in [-0.39, 0.29) is 31.9 Å². The number of rotatable bonds is 9. The molecule has 5 aromatic carbocycles. The van der Waals surface area contributed by atoms with E-state index in [1.807, 2.05) is 48.5 Å². The Kier molecular flexibility index (Phi) is 13.0. The van der Waals surface area contributed by atoms with Crippen LogP contribution < -0.4 is 5.19 Å². The average Bonchev–Trinajstić information content (AvgIpc) is 3.82. The van der Waals surface area contributed by atoms with Crippen LogP contribution in [0.4, 0.5) is 0 Å². The summed E-state index contributed by atoms with van der Waals surface area (Å²) in [5, 5.41) is 12.2. The Balaban J connectivity index is 0.000000226. The number of benzene rings is 5. The van der Waals surface area contributed by atoms with Crippen molar-refractivity contribution in [2.45, 2.75) is 79.4 Å². The first-order valence-electron chi connectivity index (χ1n) is 21.1. The van der Waals surface area contributed by atoms with Gasteiger partial charge in [-0.1, -0.05) is 132 Å². The molecule has 0 unspecified atom stereocenters. The van der Waals surface area contributed by atoms with E-state index in [1.165, 1.54) is 33.0 Å². The number of para-hydroxylation sites is 1. The first-order valence-corrected chi connectivity index (χ1v) is 24.6. The van der Waals surface area contributed by atoms with Gasteiger partial charge in [0.05, 0.1) is 31.2 Å². The summed E-state index contributed by atoms with van der Waals surface area (Å²) < 4.78 is 8.69. The zero-order chi connectivity index (χ0) is 42.1. The van der Waals surface area contributed by atoms with E-state index in [9.17, 15) is 0 Å². The minimum atomic E-state index is -1.34. The zero-order valence-electron chi connectivity index (χ0n) is 36.5. The van der Waals surface area contributed by atoms with Crippen molar-refractivity contribution in [1.82, 2.24) is 24.7 Å². The molecule has 9 aromatic rings. The summed E-state index contributed by atoms with van der Waals surface area (Å²) in [6.07, 6.45) is 4.97. The summed E-state index contributed by atoms with van der Waals surface area (Å²) in [5.74, 6) is 1.95. The molecule has 0 saturated carbocycles. The summed E-state index contributed by atoms with van der Waals surface area (Å²) in [6, 6.07) is 46.5. The molecule has 0 atom stereocenters. The molecule has 0 aliphatic carbocycles. The van der Waals surface area contributed by atoms with E-state index in [0.717, 1.165) is 62.2 Å². The van der Waals surface area contributed by atoms with Crippen molar-refractivity contribution >= 4 is 46.4 Å². The van der Waals surface area contributed by atoms with Crippen LogP contribution >= 0.6 is 0 Å². The zero-order valence-corrected chi connectivity index (χ0v) is 39.9. The van der Waals surface area contributed by atoms with Gasteiger partial charge in [-0.2, -0.15) is 5.10 Å². The van der Waals surface area contributed by atoms with Gasteiger partial charge in [0.1, 0.15) is 5.58 Å². The van der Waals surface area contributed by atoms with E-state index < -0.39 is 8.07 Å². The second-order valence-corrected chi connectivity index (χ2v) is 22.8. The maximum atomic E-state index is 6.44. The summed E-state index contributed by atoms with van der Waals surface area (Å²) >= 11 is 0. The Labute approximate surface area is 374 Å². The molecule has 8 heteroatoms. The molecule has 311 valence electrons. The van der Waals surface area contributed by atoms with Crippen molar-refractivity contribution in [3.8, 4) is 39.5 Å². The minimum absolute atomic E-state index is 0. The van der Waals surface area contributed by atoms with Gasteiger partial charge < -0.3 is 14.0 Å². The number of fused-ring (bicyclic) bond motifs is 4. The largest absolute Gasteiger partial charge is 0.501 e. The first-order chi connectivity index (χ1) is 28.9. The molecule has 0 aliphatic rings. The van der Waals surface area contributed by atoms with Crippen molar-refractivity contribution in [2.75, 3.05) is 0 Å². The van der Waals surface area contributed by atoms with Gasteiger partial charge in [-0.25, -0.2) is 0 Å². The molecule has 1 radical (unpaired) electrons. The third kappa shape index (κ3) is 8.94. The molecule has 4 aromatic heterocycles. The smallest absolute Gasteiger partial charge is 0.190 e. The SMILES string of the molecule is CC(C)Cc1cc(-c2[c-]cccc2)ncc1[Si](C)(C)C.CC(C)c1cc(-c2ccccc2)cc(C(C)C)c1-n1c(-c2[c-]ccc3c2oc2ccccc23)nc2nnccc21.[Ir]. The van der Waals surface area contributed by atoms with Crippen LogP contribution in [0.5, 0.6) is 0 Å². The summed E-state index contributed by atoms with van der Waals surface area (Å²) in [7, 11) is -1.34. The van der Waals surface area contributed by atoms with Crippen LogP contribution in [0, 0.1) is 18.1 Å². The van der Waals surface area contributed by atoms with Crippen LogP contribution in [-0.2, 0) is 26.5 Å². The summed E-state index contributed by atoms with van der Waals surface area (Å²) in [6.45, 7) is 20.7. The van der Waals surface area contributed by atoms with Crippen molar-refractivity contribution in [3.05, 3.63) is 156 Å². The van der Waals surface area contributed by atoms with E-state index >= 15 is 0 Å². The van der Waals surface area contributed by atoms with E-state index in [2.05, 4.69) is 166 Å². The van der Waals surface area contributed by atoms with Crippen molar-refractivity contribution in [1.29, 1.82) is 0 Å². The van der Waals surface area contributed by atoms with Crippen LogP contribution in [0.1, 0.15) is 70.1 Å². The van der Waals surface area contributed by atoms with E-state index in [1.54, 1.807) is 6.20 Å². The first kappa shape index (κ1) is 43.6. The van der Waals surface area contributed by atoms with Crippen LogP contribution in [0.15, 0.2) is 132 Å². The normalized spacial score (nSPS) is 11.7. The molecule has 6 nitrogen and oxygen atoms in total. The topological polar surface area (TPSA) is 69.6 Å². The number of nitrogens with zero attached hydrogens (tertiary/aromatic N) is 5. The molecular formula is C53H53IrN5OSi-2. The fraction of sp³-hybridized carbons (Fsp3) is 0.245. The molecule has 0 spiro atoms. The van der Waals surface area contributed by atoms with E-state index in [0.29, 0.717) is 11.6 Å². The molecule has 61 heavy (non-hydrogen) atoms. The van der Waals surface area contributed by atoms with Crippen LogP contribution in [0.3, 0.4) is 0 Å². The van der Waals surface area contributed by atoms with Crippen LogP contribution in [0.2, 0.25) is 19.6 Å². The molecule has 0 N–H and O–H groups in total. The monoisotopic (exact) mass is 996 g/mol. The van der Waals surface area contributed by atoms with Gasteiger partial charge >= 0.3 is 0 Å². The number of aromatic nitrogens is 5. The molecule has 0 bridgehead atoms. The molecule has 9 rings (SSSR count). The fourth-order valence-electron chi connectivity index (χ4n) is 8.18. The van der Waals surface area contributed by atoms with Crippen molar-refractivity contribution in [2.24, 2.45) is 5.92 Å². The van der Waals surface area contributed by atoms with Gasteiger partial charge in [-0.3, -0.25) is 4.98 Å². The summed E-state index contributed by atoms with van der Waals surface area (Å²) in [4.78, 5) is 9.75. The Morgan fingerprint density at radius 3 is 2.10 bits per heavy atom. The average molecular weight is 996 g/mol. The molecule has 0 fully saturated rings. The predicted molar refractivity (Wildman–Crippen MR) is 252 cm³/mol. The number of imidazole rings is 1. The third-order valence-electron chi connectivity index (χ3n) is 11.1. The second-order valence-electron chi connectivity index (χ2n) is 17.7. The van der Waals surface area contributed by atoms with Crippen LogP contribution in [0.25, 0.3) is 72.6 Å². The molecule has 0 amide bonds. The molecular weight excluding hydrogens is 943 g/mol. The summed E-state index contributed by atoms with van der Waals surface area (Å²) in [5.41, 5.74) is 13.6. The fourth-order valence-corrected chi connectivity index (χ4v) is 9.77. The molecule has 4 heterocycles. The standard InChI is InChI=1S/C35H29N4O.C18H24NSi.Ir/c1-21(2)28-19-24(23-11-6-5-7-12-23)20-29(22(3)4)32(28)39-30-17-18-36-38-34(30)37-35(39)27-15-10-14-26-25-13-8-9-16-31(25)40-33(26)27;1-14(2)11-16-12-17(15-9-7-6-8-10-15)19-13-18(16)20(3,4)5;/h5-14,16-22H,1-4H3;6-9,12-14H,11H2,1-5H3;/q2*-1;. The third-order valence-corrected chi connectivity index (χ3v) is 13.1. The number of hydrogen-bond donors (Lipinski definition) is 0. The Hall–Kier alpha value is -5.53. The Bertz CT molecular complexity index is 2900. The van der Waals surface area contributed by atoms with Gasteiger partial charge in [0.25, 0.3) is 0 Å². The van der Waals surface area contributed by atoms with Crippen molar-refractivity contribution < 1.29 is 24.5 Å². The molecule has 0 saturated heterocycles. The van der Waals surface area contributed by atoms with Gasteiger partial charge in [0, 0.05) is 37.4 Å². The number of furan rings is 1. The number of hydrogen-bond acceptors (Lipinski definition) is 5. The van der Waals surface area contributed by atoms with Gasteiger partial charge in [0.2, 0.25) is 0 Å². The maximum absolute atomic E-state index is 6.44. The Morgan fingerprint density at radius 2 is 1.43 bits per heavy atom. The maximum Gasteiger partial charge on any atom is 0.190 e. The van der Waals surface area contributed by atoms with Gasteiger partial charge in [-0.05, 0) is 81.6 Å². The van der Waals surface area contributed by atoms with Gasteiger partial charge in [0.15, 0.2) is 5.65 Å². The Morgan fingerprint density at radius 1 is 0.721 bits per heavy atom. The van der Waals surface area contributed by atoms with E-state index in [4.69, 9.17) is 9.40 Å². The predicted octanol–water partition coefficient (Wildman–Crippen LogP) is 13.4. The second kappa shape index (κ2) is 18.2. The minimum Gasteiger partial charge on any atom is -0.501 e. The van der Waals surface area contributed by atoms with Gasteiger partial charge in [-0.15, -0.1) is 59.2 Å². The number of pyridine rings is 1. The van der Waals surface area contributed by atoms with Crippen LogP contribution in [-0.4, -0.2) is 32.8 Å². The molecule has 0 aliphatic heterocycles. The van der Waals surface area contributed by atoms with Crippen molar-refractivity contribution in [3.63, 3.8) is 0 Å². The quantitative estimate of drug-likeness (QED) is 0.106.